The van der Waals surface area contributed by atoms with Crippen molar-refractivity contribution in [2.24, 2.45) is 0 Å². The summed E-state index contributed by atoms with van der Waals surface area (Å²) in [7, 11) is 1.37. The number of aromatic nitrogens is 2. The third-order valence-electron chi connectivity index (χ3n) is 4.63. The molecule has 2 N–H and O–H groups in total. The number of rotatable bonds is 6. The van der Waals surface area contributed by atoms with Gasteiger partial charge >= 0.3 is 5.97 Å². The van der Waals surface area contributed by atoms with Gasteiger partial charge in [0, 0.05) is 9.35 Å². The maximum absolute atomic E-state index is 12.1. The number of hydrogen-bond acceptors (Lipinski definition) is 5. The number of esters is 1. The Morgan fingerprint density at radius 1 is 1.27 bits per heavy atom. The van der Waals surface area contributed by atoms with Crippen LogP contribution in [0.1, 0.15) is 39.1 Å². The lowest BCUT2D eigenvalue weighted by Gasteiger charge is -2.11. The largest absolute Gasteiger partial charge is 0.465 e. The second-order valence-electron chi connectivity index (χ2n) is 6.71. The van der Waals surface area contributed by atoms with Gasteiger partial charge in [-0.15, -0.1) is 11.3 Å². The zero-order chi connectivity index (χ0) is 21.8. The first-order chi connectivity index (χ1) is 14.3. The number of aryl methyl sites for hydroxylation is 2. The van der Waals surface area contributed by atoms with E-state index in [-0.39, 0.29) is 5.97 Å². The number of carbonyl (C=O) groups excluding carboxylic acids is 1. The molecule has 6 nitrogen and oxygen atoms in total. The zero-order valence-electron chi connectivity index (χ0n) is 17.2. The normalized spacial score (nSPS) is 10.7. The van der Waals surface area contributed by atoms with E-state index in [1.54, 1.807) is 0 Å². The topological polar surface area (TPSA) is 68.2 Å². The van der Waals surface area contributed by atoms with Crippen LogP contribution in [0.4, 0.5) is 10.7 Å². The van der Waals surface area contributed by atoms with Crippen LogP contribution in [0.25, 0.3) is 0 Å². The summed E-state index contributed by atoms with van der Waals surface area (Å²) in [5.74, 6) is -0.383. The van der Waals surface area contributed by atoms with Crippen LogP contribution in [0, 0.1) is 13.8 Å². The van der Waals surface area contributed by atoms with Gasteiger partial charge in [-0.2, -0.15) is 5.10 Å². The van der Waals surface area contributed by atoms with E-state index in [0.29, 0.717) is 22.2 Å². The van der Waals surface area contributed by atoms with Crippen LogP contribution < -0.4 is 10.6 Å². The van der Waals surface area contributed by atoms with Crippen LogP contribution >= 0.6 is 39.5 Å². The molecule has 2 heterocycles. The third kappa shape index (κ3) is 5.08. The van der Waals surface area contributed by atoms with Crippen LogP contribution in [0.3, 0.4) is 0 Å². The summed E-state index contributed by atoms with van der Waals surface area (Å²) in [5, 5.41) is 12.1. The second kappa shape index (κ2) is 9.72. The fourth-order valence-corrected chi connectivity index (χ4v) is 4.53. The number of carbonyl (C=O) groups is 1. The number of thiocarbonyl (C=S) groups is 1. The van der Waals surface area contributed by atoms with E-state index < -0.39 is 0 Å². The van der Waals surface area contributed by atoms with Gasteiger partial charge in [-0.05, 0) is 56.2 Å². The summed E-state index contributed by atoms with van der Waals surface area (Å²) in [6.45, 7) is 6.65. The lowest BCUT2D eigenvalue weighted by atomic mass is 10.2. The molecule has 9 heteroatoms. The molecule has 0 bridgehead atoms. The molecule has 158 valence electrons. The van der Waals surface area contributed by atoms with Gasteiger partial charge in [0.05, 0.1) is 36.3 Å². The van der Waals surface area contributed by atoms with Gasteiger partial charge < -0.3 is 15.4 Å². The van der Waals surface area contributed by atoms with Gasteiger partial charge in [0.25, 0.3) is 0 Å². The standard InChI is InChI=1S/C21H23BrN4O2S2/c1-5-16-10-17(20(27)28-4)19(30-16)24-21(29)23-18-12(2)25-26(13(18)3)11-14-6-8-15(22)9-7-14/h6-10H,5,11H2,1-4H3,(H2,23,24,29). The highest BCUT2D eigenvalue weighted by Gasteiger charge is 2.18. The minimum Gasteiger partial charge on any atom is -0.465 e. The van der Waals surface area contributed by atoms with E-state index in [0.717, 1.165) is 38.4 Å². The molecule has 0 saturated carbocycles. The predicted octanol–water partition coefficient (Wildman–Crippen LogP) is 5.53. The quantitative estimate of drug-likeness (QED) is 0.338. The Hall–Kier alpha value is -2.23. The number of halogens is 1. The number of methoxy groups -OCH3 is 1. The van der Waals surface area contributed by atoms with E-state index in [1.807, 2.05) is 43.7 Å². The smallest absolute Gasteiger partial charge is 0.340 e. The SMILES string of the molecule is CCc1cc(C(=O)OC)c(NC(=S)Nc2c(C)nn(Cc3ccc(Br)cc3)c2C)s1. The molecule has 30 heavy (non-hydrogen) atoms. The maximum Gasteiger partial charge on any atom is 0.340 e. The highest BCUT2D eigenvalue weighted by atomic mass is 79.9. The maximum atomic E-state index is 12.1. The number of anilines is 2. The molecule has 0 saturated heterocycles. The van der Waals surface area contributed by atoms with E-state index in [1.165, 1.54) is 18.4 Å². The van der Waals surface area contributed by atoms with Crippen molar-refractivity contribution >= 4 is 61.3 Å². The van der Waals surface area contributed by atoms with E-state index in [9.17, 15) is 4.79 Å². The predicted molar refractivity (Wildman–Crippen MR) is 130 cm³/mol. The first-order valence-electron chi connectivity index (χ1n) is 9.39. The van der Waals surface area contributed by atoms with Crippen molar-refractivity contribution in [2.75, 3.05) is 17.7 Å². The molecule has 0 aliphatic rings. The monoisotopic (exact) mass is 506 g/mol. The van der Waals surface area contributed by atoms with Crippen molar-refractivity contribution in [3.63, 3.8) is 0 Å². The Morgan fingerprint density at radius 2 is 1.97 bits per heavy atom. The van der Waals surface area contributed by atoms with E-state index in [4.69, 9.17) is 17.0 Å². The fraction of sp³-hybridized carbons (Fsp3) is 0.286. The molecule has 0 fully saturated rings. The Balaban J connectivity index is 1.76. The molecule has 3 aromatic rings. The van der Waals surface area contributed by atoms with Crippen LogP contribution in [0.5, 0.6) is 0 Å². The molecule has 0 unspecified atom stereocenters. The molecule has 0 radical (unpaired) electrons. The molecule has 0 amide bonds. The lowest BCUT2D eigenvalue weighted by Crippen LogP contribution is -2.20. The van der Waals surface area contributed by atoms with Crippen molar-refractivity contribution in [3.8, 4) is 0 Å². The fourth-order valence-electron chi connectivity index (χ4n) is 3.01. The Kier molecular flexibility index (Phi) is 7.27. The molecular weight excluding hydrogens is 484 g/mol. The summed E-state index contributed by atoms with van der Waals surface area (Å²) in [5.41, 5.74) is 4.33. The van der Waals surface area contributed by atoms with Gasteiger partial charge in [-0.1, -0.05) is 35.0 Å². The van der Waals surface area contributed by atoms with Gasteiger partial charge in [0.1, 0.15) is 5.00 Å². The number of hydrogen-bond donors (Lipinski definition) is 2. The summed E-state index contributed by atoms with van der Waals surface area (Å²) < 4.78 is 7.88. The zero-order valence-corrected chi connectivity index (χ0v) is 20.4. The van der Waals surface area contributed by atoms with E-state index in [2.05, 4.69) is 43.8 Å². The Labute approximate surface area is 193 Å². The summed E-state index contributed by atoms with van der Waals surface area (Å²) in [4.78, 5) is 13.2. The summed E-state index contributed by atoms with van der Waals surface area (Å²) >= 11 is 10.5. The molecule has 2 aromatic heterocycles. The van der Waals surface area contributed by atoms with Crippen molar-refractivity contribution in [2.45, 2.75) is 33.7 Å². The van der Waals surface area contributed by atoms with Crippen LogP contribution in [0.2, 0.25) is 0 Å². The first kappa shape index (κ1) is 22.5. The number of thiophene rings is 1. The summed E-state index contributed by atoms with van der Waals surface area (Å²) in [6.07, 6.45) is 0.831. The van der Waals surface area contributed by atoms with Crippen LogP contribution in [-0.2, 0) is 17.7 Å². The summed E-state index contributed by atoms with van der Waals surface area (Å²) in [6, 6.07) is 10.0. The number of benzene rings is 1. The highest BCUT2D eigenvalue weighted by Crippen LogP contribution is 2.30. The molecule has 0 aliphatic carbocycles. The Morgan fingerprint density at radius 3 is 2.60 bits per heavy atom. The second-order valence-corrected chi connectivity index (χ2v) is 9.17. The Bertz CT molecular complexity index is 1070. The van der Waals surface area contributed by atoms with Gasteiger partial charge in [0.2, 0.25) is 0 Å². The number of nitrogens with one attached hydrogen (secondary N) is 2. The van der Waals surface area contributed by atoms with Crippen molar-refractivity contribution in [3.05, 3.63) is 62.2 Å². The number of ether oxygens (including phenoxy) is 1. The molecule has 0 atom stereocenters. The third-order valence-corrected chi connectivity index (χ3v) is 6.56. The molecule has 0 spiro atoms. The van der Waals surface area contributed by atoms with Crippen LogP contribution in [0.15, 0.2) is 34.8 Å². The van der Waals surface area contributed by atoms with Crippen molar-refractivity contribution in [1.29, 1.82) is 0 Å². The molecule has 1 aromatic carbocycles. The molecule has 0 aliphatic heterocycles. The molecule has 3 rings (SSSR count). The molecular formula is C21H23BrN4O2S2. The lowest BCUT2D eigenvalue weighted by molar-refractivity contribution is 0.0602. The van der Waals surface area contributed by atoms with Gasteiger partial charge in [-0.25, -0.2) is 4.79 Å². The average molecular weight is 507 g/mol. The van der Waals surface area contributed by atoms with E-state index >= 15 is 0 Å². The van der Waals surface area contributed by atoms with Gasteiger partial charge in [0.15, 0.2) is 5.11 Å². The number of nitrogens with zero attached hydrogens (tertiary/aromatic N) is 2. The van der Waals surface area contributed by atoms with Crippen molar-refractivity contribution < 1.29 is 9.53 Å². The highest BCUT2D eigenvalue weighted by molar-refractivity contribution is 9.10. The minimum absolute atomic E-state index is 0.383. The first-order valence-corrected chi connectivity index (χ1v) is 11.4. The minimum atomic E-state index is -0.383. The van der Waals surface area contributed by atoms with Crippen molar-refractivity contribution in [1.82, 2.24) is 9.78 Å². The van der Waals surface area contributed by atoms with Gasteiger partial charge in [-0.3, -0.25) is 4.68 Å². The van der Waals surface area contributed by atoms with Crippen LogP contribution in [-0.4, -0.2) is 28.0 Å². The average Bonchev–Trinajstić information content (AvgIpc) is 3.25.